The number of alkyl halides is 3. The van der Waals surface area contributed by atoms with Crippen LogP contribution in [0, 0.1) is 0 Å². The summed E-state index contributed by atoms with van der Waals surface area (Å²) in [5.41, 5.74) is -1.17. The molecular formula is C19H21F3N6O4. The van der Waals surface area contributed by atoms with E-state index in [0.29, 0.717) is 45.1 Å². The van der Waals surface area contributed by atoms with Gasteiger partial charge in [0.1, 0.15) is 5.82 Å². The number of carboxylic acid groups (broad SMARTS) is 1. The van der Waals surface area contributed by atoms with Crippen molar-refractivity contribution >= 4 is 29.5 Å². The van der Waals surface area contributed by atoms with Gasteiger partial charge in [0.2, 0.25) is 5.76 Å². The summed E-state index contributed by atoms with van der Waals surface area (Å²) in [6, 6.07) is 2.90. The fraction of sp³-hybridized carbons (Fsp3) is 0.474. The molecule has 0 bridgehead atoms. The first-order chi connectivity index (χ1) is 15.2. The Hall–Kier alpha value is -3.51. The molecule has 2 aliphatic rings. The van der Waals surface area contributed by atoms with Gasteiger partial charge in [-0.3, -0.25) is 4.79 Å². The van der Waals surface area contributed by atoms with Crippen LogP contribution in [0.1, 0.15) is 29.1 Å². The van der Waals surface area contributed by atoms with Crippen molar-refractivity contribution in [1.82, 2.24) is 14.9 Å². The molecule has 2 aliphatic heterocycles. The minimum atomic E-state index is -4.84. The van der Waals surface area contributed by atoms with Crippen molar-refractivity contribution in [1.29, 1.82) is 0 Å². The lowest BCUT2D eigenvalue weighted by molar-refractivity contribution is -0.141. The number of aromatic nitrogens is 2. The number of hydrogen-bond acceptors (Lipinski definition) is 7. The zero-order valence-corrected chi connectivity index (χ0v) is 16.9. The van der Waals surface area contributed by atoms with E-state index in [1.54, 1.807) is 11.0 Å². The van der Waals surface area contributed by atoms with E-state index in [1.165, 1.54) is 17.2 Å². The molecule has 0 aliphatic carbocycles. The summed E-state index contributed by atoms with van der Waals surface area (Å²) in [7, 11) is 0. The van der Waals surface area contributed by atoms with Gasteiger partial charge < -0.3 is 29.5 Å². The van der Waals surface area contributed by atoms with E-state index in [-0.39, 0.29) is 11.7 Å². The monoisotopic (exact) mass is 454 g/mol. The lowest BCUT2D eigenvalue weighted by Gasteiger charge is -2.33. The Morgan fingerprint density at radius 1 is 1.03 bits per heavy atom. The zero-order valence-electron chi connectivity index (χ0n) is 16.9. The minimum Gasteiger partial charge on any atom is -0.465 e. The van der Waals surface area contributed by atoms with Crippen LogP contribution < -0.4 is 15.1 Å². The minimum absolute atomic E-state index is 0.190. The molecule has 0 unspecified atom stereocenters. The second-order valence-corrected chi connectivity index (χ2v) is 7.48. The molecular weight excluding hydrogens is 433 g/mol. The number of anilines is 3. The van der Waals surface area contributed by atoms with Crippen LogP contribution >= 0.6 is 0 Å². The van der Waals surface area contributed by atoms with Crippen molar-refractivity contribution < 1.29 is 32.3 Å². The summed E-state index contributed by atoms with van der Waals surface area (Å²) in [6.07, 6.45) is -2.87. The quantitative estimate of drug-likeness (QED) is 0.725. The average molecular weight is 454 g/mol. The third kappa shape index (κ3) is 4.55. The van der Waals surface area contributed by atoms with Gasteiger partial charge in [0, 0.05) is 39.3 Å². The standard InChI is InChI=1S/C19H21F3N6O4/c20-19(21,22)15-14(32-17(25-15)27-5-1-2-6-27)16(29)24-12-3-4-13(23-11-12)26-7-9-28(10-8-26)18(30)31/h3-4,11H,1-2,5-10H2,(H,24,29)(H,30,31). The van der Waals surface area contributed by atoms with Crippen LogP contribution in [0.4, 0.5) is 35.5 Å². The fourth-order valence-electron chi connectivity index (χ4n) is 3.66. The Balaban J connectivity index is 1.45. The first kappa shape index (κ1) is 21.7. The molecule has 2 saturated heterocycles. The maximum atomic E-state index is 13.4. The SMILES string of the molecule is O=C(Nc1ccc(N2CCN(C(=O)O)CC2)nc1)c1oc(N2CCCC2)nc1C(F)(F)F. The smallest absolute Gasteiger partial charge is 0.437 e. The maximum Gasteiger partial charge on any atom is 0.437 e. The number of rotatable bonds is 4. The fourth-order valence-corrected chi connectivity index (χ4v) is 3.66. The number of piperazine rings is 1. The highest BCUT2D eigenvalue weighted by molar-refractivity contribution is 6.03. The first-order valence-corrected chi connectivity index (χ1v) is 10.1. The largest absolute Gasteiger partial charge is 0.465 e. The second kappa shape index (κ2) is 8.55. The van der Waals surface area contributed by atoms with Crippen molar-refractivity contribution in [3.8, 4) is 0 Å². The van der Waals surface area contributed by atoms with Crippen LogP contribution in [0.15, 0.2) is 22.7 Å². The topological polar surface area (TPSA) is 115 Å². The van der Waals surface area contributed by atoms with Gasteiger partial charge in [0.05, 0.1) is 11.9 Å². The number of oxazole rings is 1. The Morgan fingerprint density at radius 2 is 1.72 bits per heavy atom. The van der Waals surface area contributed by atoms with Gasteiger partial charge in [0.25, 0.3) is 11.9 Å². The second-order valence-electron chi connectivity index (χ2n) is 7.48. The highest BCUT2D eigenvalue weighted by Crippen LogP contribution is 2.35. The van der Waals surface area contributed by atoms with Crippen molar-refractivity contribution in [2.24, 2.45) is 0 Å². The highest BCUT2D eigenvalue weighted by Gasteiger charge is 2.42. The van der Waals surface area contributed by atoms with Gasteiger partial charge in [0.15, 0.2) is 5.69 Å². The van der Waals surface area contributed by atoms with E-state index in [0.717, 1.165) is 12.8 Å². The van der Waals surface area contributed by atoms with Gasteiger partial charge in [-0.1, -0.05) is 0 Å². The molecule has 0 saturated carbocycles. The van der Waals surface area contributed by atoms with Crippen molar-refractivity contribution in [3.05, 3.63) is 29.8 Å². The molecule has 0 aromatic carbocycles. The number of carbonyl (C=O) groups is 2. The molecule has 4 heterocycles. The summed E-state index contributed by atoms with van der Waals surface area (Å²) in [5, 5.41) is 11.4. The molecule has 2 amide bonds. The molecule has 32 heavy (non-hydrogen) atoms. The van der Waals surface area contributed by atoms with Crippen LogP contribution in [-0.2, 0) is 6.18 Å². The number of hydrogen-bond donors (Lipinski definition) is 2. The Bertz CT molecular complexity index is 980. The Kier molecular flexibility index (Phi) is 5.80. The van der Waals surface area contributed by atoms with E-state index in [9.17, 15) is 22.8 Å². The molecule has 2 aromatic heterocycles. The number of nitrogens with one attached hydrogen (secondary N) is 1. The summed E-state index contributed by atoms with van der Waals surface area (Å²) in [5.74, 6) is -1.40. The van der Waals surface area contributed by atoms with Crippen molar-refractivity contribution in [2.45, 2.75) is 19.0 Å². The van der Waals surface area contributed by atoms with Crippen molar-refractivity contribution in [3.63, 3.8) is 0 Å². The molecule has 10 nitrogen and oxygen atoms in total. The predicted molar refractivity (Wildman–Crippen MR) is 107 cm³/mol. The summed E-state index contributed by atoms with van der Waals surface area (Å²) >= 11 is 0. The number of nitrogens with zero attached hydrogens (tertiary/aromatic N) is 5. The van der Waals surface area contributed by atoms with Crippen LogP contribution in [0.2, 0.25) is 0 Å². The lowest BCUT2D eigenvalue weighted by atomic mass is 10.3. The summed E-state index contributed by atoms with van der Waals surface area (Å²) < 4.78 is 45.4. The molecule has 2 N–H and O–H groups in total. The molecule has 4 rings (SSSR count). The van der Waals surface area contributed by atoms with Crippen LogP contribution in [0.5, 0.6) is 0 Å². The predicted octanol–water partition coefficient (Wildman–Crippen LogP) is 2.74. The Labute approximate surface area is 180 Å². The summed E-state index contributed by atoms with van der Waals surface area (Å²) in [6.45, 7) is 2.62. The van der Waals surface area contributed by atoms with Gasteiger partial charge in [-0.2, -0.15) is 18.2 Å². The third-order valence-corrected chi connectivity index (χ3v) is 5.35. The third-order valence-electron chi connectivity index (χ3n) is 5.35. The molecule has 0 spiro atoms. The van der Waals surface area contributed by atoms with Crippen LogP contribution in [-0.4, -0.2) is 71.2 Å². The number of pyridine rings is 1. The highest BCUT2D eigenvalue weighted by atomic mass is 19.4. The van der Waals surface area contributed by atoms with E-state index >= 15 is 0 Å². The number of carbonyl (C=O) groups excluding carboxylic acids is 1. The number of halogens is 3. The van der Waals surface area contributed by atoms with E-state index in [1.807, 2.05) is 4.90 Å². The van der Waals surface area contributed by atoms with Crippen molar-refractivity contribution in [2.75, 3.05) is 54.4 Å². The van der Waals surface area contributed by atoms with Gasteiger partial charge in [-0.15, -0.1) is 0 Å². The van der Waals surface area contributed by atoms with Crippen LogP contribution in [0.25, 0.3) is 0 Å². The van der Waals surface area contributed by atoms with E-state index in [4.69, 9.17) is 9.52 Å². The van der Waals surface area contributed by atoms with Gasteiger partial charge >= 0.3 is 12.3 Å². The van der Waals surface area contributed by atoms with E-state index in [2.05, 4.69) is 15.3 Å². The molecule has 0 atom stereocenters. The molecule has 2 aromatic rings. The van der Waals surface area contributed by atoms with Gasteiger partial charge in [-0.25, -0.2) is 9.78 Å². The lowest BCUT2D eigenvalue weighted by Crippen LogP contribution is -2.48. The zero-order chi connectivity index (χ0) is 22.9. The molecule has 0 radical (unpaired) electrons. The van der Waals surface area contributed by atoms with Crippen LogP contribution in [0.3, 0.4) is 0 Å². The van der Waals surface area contributed by atoms with E-state index < -0.39 is 29.6 Å². The first-order valence-electron chi connectivity index (χ1n) is 10.1. The summed E-state index contributed by atoms with van der Waals surface area (Å²) in [4.78, 5) is 36.0. The molecule has 13 heteroatoms. The normalized spacial score (nSPS) is 17.0. The van der Waals surface area contributed by atoms with Gasteiger partial charge in [-0.05, 0) is 25.0 Å². The number of amides is 2. The molecule has 172 valence electrons. The molecule has 2 fully saturated rings. The average Bonchev–Trinajstić information content (AvgIpc) is 3.44. The Morgan fingerprint density at radius 3 is 2.28 bits per heavy atom. The maximum absolute atomic E-state index is 13.4.